The molecule has 18 heavy (non-hydrogen) atoms. The fraction of sp³-hybridized carbons (Fsp3) is 0.909. The van der Waals surface area contributed by atoms with E-state index < -0.39 is 16.4 Å². The van der Waals surface area contributed by atoms with E-state index >= 15 is 0 Å². The first-order valence-corrected chi connectivity index (χ1v) is 7.62. The Morgan fingerprint density at radius 1 is 1.33 bits per heavy atom. The highest BCUT2D eigenvalue weighted by molar-refractivity contribution is 7.86. The predicted molar refractivity (Wildman–Crippen MR) is 68.9 cm³/mol. The minimum absolute atomic E-state index is 0.126. The highest BCUT2D eigenvalue weighted by Crippen LogP contribution is 2.23. The standard InChI is InChI=1S/C11H21N3O3S/c1-10(2)13(3)18(16,17)14-8-6-4-5-7-11(14)12-9-15/h10-11H,4-8H2,1-3H3. The van der Waals surface area contributed by atoms with Gasteiger partial charge in [0.1, 0.15) is 6.17 Å². The molecule has 0 spiro atoms. The van der Waals surface area contributed by atoms with Gasteiger partial charge in [0.2, 0.25) is 6.08 Å². The number of nitrogens with zero attached hydrogens (tertiary/aromatic N) is 3. The molecule has 1 saturated heterocycles. The van der Waals surface area contributed by atoms with E-state index in [1.807, 2.05) is 13.8 Å². The average molecular weight is 275 g/mol. The summed E-state index contributed by atoms with van der Waals surface area (Å²) in [6, 6.07) is -0.126. The molecule has 7 heteroatoms. The van der Waals surface area contributed by atoms with Crippen LogP contribution in [0.5, 0.6) is 0 Å². The summed E-state index contributed by atoms with van der Waals surface area (Å²) in [6.45, 7) is 4.04. The third kappa shape index (κ3) is 3.38. The van der Waals surface area contributed by atoms with Crippen molar-refractivity contribution in [3.8, 4) is 0 Å². The first-order chi connectivity index (χ1) is 8.41. The SMILES string of the molecule is CC(C)N(C)S(=O)(=O)N1CCCCCC1N=C=O. The van der Waals surface area contributed by atoms with Crippen LogP contribution in [0.15, 0.2) is 4.99 Å². The number of rotatable bonds is 4. The van der Waals surface area contributed by atoms with Gasteiger partial charge >= 0.3 is 0 Å². The summed E-state index contributed by atoms with van der Waals surface area (Å²) in [5, 5.41) is 0. The average Bonchev–Trinajstić information content (AvgIpc) is 2.54. The van der Waals surface area contributed by atoms with E-state index in [0.717, 1.165) is 19.3 Å². The summed E-state index contributed by atoms with van der Waals surface area (Å²) < 4.78 is 27.5. The highest BCUT2D eigenvalue weighted by atomic mass is 32.2. The van der Waals surface area contributed by atoms with Gasteiger partial charge in [0, 0.05) is 19.6 Å². The minimum Gasteiger partial charge on any atom is -0.211 e. The van der Waals surface area contributed by atoms with Crippen LogP contribution in [0.1, 0.15) is 39.5 Å². The molecular weight excluding hydrogens is 254 g/mol. The van der Waals surface area contributed by atoms with Crippen molar-refractivity contribution in [3.05, 3.63) is 0 Å². The zero-order chi connectivity index (χ0) is 13.8. The summed E-state index contributed by atoms with van der Waals surface area (Å²) in [4.78, 5) is 14.1. The summed E-state index contributed by atoms with van der Waals surface area (Å²) in [5.41, 5.74) is 0. The van der Waals surface area contributed by atoms with Crippen molar-refractivity contribution < 1.29 is 13.2 Å². The molecule has 104 valence electrons. The molecule has 0 radical (unpaired) electrons. The third-order valence-electron chi connectivity index (χ3n) is 3.26. The number of isocyanates is 1. The Hall–Kier alpha value is -0.750. The molecule has 6 nitrogen and oxygen atoms in total. The molecule has 0 aliphatic carbocycles. The quantitative estimate of drug-likeness (QED) is 0.570. The van der Waals surface area contributed by atoms with Gasteiger partial charge in [-0.3, -0.25) is 0 Å². The Labute approximate surface area is 109 Å². The molecule has 0 aromatic carbocycles. The van der Waals surface area contributed by atoms with Gasteiger partial charge in [0.25, 0.3) is 10.2 Å². The Balaban J connectivity index is 3.04. The fourth-order valence-electron chi connectivity index (χ4n) is 1.96. The van der Waals surface area contributed by atoms with Crippen molar-refractivity contribution in [2.24, 2.45) is 4.99 Å². The van der Waals surface area contributed by atoms with Crippen LogP contribution in [0.3, 0.4) is 0 Å². The Morgan fingerprint density at radius 2 is 2.00 bits per heavy atom. The van der Waals surface area contributed by atoms with Gasteiger partial charge in [-0.15, -0.1) is 0 Å². The number of hydrogen-bond donors (Lipinski definition) is 0. The van der Waals surface area contributed by atoms with Crippen molar-refractivity contribution in [2.45, 2.75) is 51.7 Å². The Kier molecular flexibility index (Phi) is 5.47. The molecule has 0 amide bonds. The van der Waals surface area contributed by atoms with Crippen LogP contribution < -0.4 is 0 Å². The van der Waals surface area contributed by atoms with E-state index in [2.05, 4.69) is 4.99 Å². The van der Waals surface area contributed by atoms with E-state index in [4.69, 9.17) is 0 Å². The molecule has 0 N–H and O–H groups in total. The van der Waals surface area contributed by atoms with Crippen LogP contribution >= 0.6 is 0 Å². The normalized spacial score (nSPS) is 22.8. The molecule has 0 aromatic rings. The van der Waals surface area contributed by atoms with Gasteiger partial charge in [-0.25, -0.2) is 4.79 Å². The maximum atomic E-state index is 12.4. The van der Waals surface area contributed by atoms with Crippen molar-refractivity contribution in [1.29, 1.82) is 0 Å². The fourth-order valence-corrected chi connectivity index (χ4v) is 3.64. The van der Waals surface area contributed by atoms with Gasteiger partial charge in [-0.1, -0.05) is 6.42 Å². The van der Waals surface area contributed by atoms with Gasteiger partial charge in [0.15, 0.2) is 0 Å². The second-order valence-electron chi connectivity index (χ2n) is 4.78. The molecular formula is C11H21N3O3S. The Bertz CT molecular complexity index is 415. The van der Waals surface area contributed by atoms with Crippen LogP contribution in [-0.2, 0) is 15.0 Å². The zero-order valence-corrected chi connectivity index (χ0v) is 12.0. The highest BCUT2D eigenvalue weighted by Gasteiger charge is 2.34. The molecule has 1 aliphatic heterocycles. The number of aliphatic imine (C=N–C) groups is 1. The first-order valence-electron chi connectivity index (χ1n) is 6.23. The van der Waals surface area contributed by atoms with Crippen LogP contribution in [0.2, 0.25) is 0 Å². The summed E-state index contributed by atoms with van der Waals surface area (Å²) in [7, 11) is -2.01. The molecule has 0 bridgehead atoms. The summed E-state index contributed by atoms with van der Waals surface area (Å²) >= 11 is 0. The second kappa shape index (κ2) is 6.43. The van der Waals surface area contributed by atoms with Crippen molar-refractivity contribution >= 4 is 16.3 Å². The predicted octanol–water partition coefficient (Wildman–Crippen LogP) is 1.11. The molecule has 0 aromatic heterocycles. The lowest BCUT2D eigenvalue weighted by molar-refractivity contribution is 0.288. The monoisotopic (exact) mass is 275 g/mol. The van der Waals surface area contributed by atoms with Crippen molar-refractivity contribution in [3.63, 3.8) is 0 Å². The van der Waals surface area contributed by atoms with E-state index in [0.29, 0.717) is 13.0 Å². The molecule has 1 unspecified atom stereocenters. The van der Waals surface area contributed by atoms with Gasteiger partial charge in [0.05, 0.1) is 0 Å². The molecule has 0 saturated carbocycles. The Morgan fingerprint density at radius 3 is 2.56 bits per heavy atom. The van der Waals surface area contributed by atoms with E-state index in [1.165, 1.54) is 14.7 Å². The molecule has 1 atom stereocenters. The van der Waals surface area contributed by atoms with E-state index in [-0.39, 0.29) is 6.04 Å². The molecule has 1 fully saturated rings. The smallest absolute Gasteiger partial charge is 0.211 e. The maximum Gasteiger partial charge on any atom is 0.283 e. The lowest BCUT2D eigenvalue weighted by Gasteiger charge is -2.31. The zero-order valence-electron chi connectivity index (χ0n) is 11.2. The summed E-state index contributed by atoms with van der Waals surface area (Å²) in [5.74, 6) is 0. The van der Waals surface area contributed by atoms with Crippen LogP contribution in [0.25, 0.3) is 0 Å². The van der Waals surface area contributed by atoms with Crippen LogP contribution in [0.4, 0.5) is 0 Å². The van der Waals surface area contributed by atoms with Crippen molar-refractivity contribution in [1.82, 2.24) is 8.61 Å². The van der Waals surface area contributed by atoms with E-state index in [9.17, 15) is 13.2 Å². The largest absolute Gasteiger partial charge is 0.283 e. The van der Waals surface area contributed by atoms with Crippen molar-refractivity contribution in [2.75, 3.05) is 13.6 Å². The molecule has 1 heterocycles. The van der Waals surface area contributed by atoms with Gasteiger partial charge < -0.3 is 0 Å². The lowest BCUT2D eigenvalue weighted by Crippen LogP contribution is -2.48. The van der Waals surface area contributed by atoms with Crippen LogP contribution in [0, 0.1) is 0 Å². The topological polar surface area (TPSA) is 70.1 Å². The first kappa shape index (κ1) is 15.3. The lowest BCUT2D eigenvalue weighted by atomic mass is 10.2. The third-order valence-corrected chi connectivity index (χ3v) is 5.43. The number of hydrogen-bond acceptors (Lipinski definition) is 4. The summed E-state index contributed by atoms with van der Waals surface area (Å²) in [6.07, 6.45) is 4.11. The maximum absolute atomic E-state index is 12.4. The second-order valence-corrected chi connectivity index (χ2v) is 6.72. The van der Waals surface area contributed by atoms with Crippen LogP contribution in [-0.4, -0.2) is 48.9 Å². The minimum atomic E-state index is -3.56. The van der Waals surface area contributed by atoms with E-state index in [1.54, 1.807) is 7.05 Å². The van der Waals surface area contributed by atoms with Gasteiger partial charge in [-0.05, 0) is 33.1 Å². The molecule has 1 rings (SSSR count). The number of carbonyl (C=O) groups excluding carboxylic acids is 1. The van der Waals surface area contributed by atoms with Gasteiger partial charge in [-0.2, -0.15) is 22.0 Å². The molecule has 1 aliphatic rings.